The third-order valence-corrected chi connectivity index (χ3v) is 6.63. The van der Waals surface area contributed by atoms with E-state index >= 15 is 0 Å². The molecule has 0 radical (unpaired) electrons. The number of rotatable bonds is 22. The van der Waals surface area contributed by atoms with Crippen LogP contribution in [0, 0.1) is 5.92 Å². The van der Waals surface area contributed by atoms with E-state index in [0.29, 0.717) is 30.3 Å². The zero-order valence-electron chi connectivity index (χ0n) is 23.9. The summed E-state index contributed by atoms with van der Waals surface area (Å²) < 4.78 is 11.1. The van der Waals surface area contributed by atoms with Crippen molar-refractivity contribution in [1.82, 2.24) is 0 Å². The molecule has 0 bridgehead atoms. The van der Waals surface area contributed by atoms with Crippen molar-refractivity contribution < 1.29 is 19.1 Å². The van der Waals surface area contributed by atoms with Crippen molar-refractivity contribution in [1.29, 1.82) is 0 Å². The molecule has 0 unspecified atom stereocenters. The Morgan fingerprint density at radius 2 is 1.03 bits per heavy atom. The summed E-state index contributed by atoms with van der Waals surface area (Å²) in [6.45, 7) is 9.55. The van der Waals surface area contributed by atoms with Gasteiger partial charge in [-0.3, -0.25) is 0 Å². The van der Waals surface area contributed by atoms with Crippen molar-refractivity contribution in [3.8, 4) is 0 Å². The number of hydrogen-bond acceptors (Lipinski definition) is 4. The predicted octanol–water partition coefficient (Wildman–Crippen LogP) is 9.48. The van der Waals surface area contributed by atoms with Crippen LogP contribution in [0.1, 0.15) is 157 Å². The minimum atomic E-state index is -0.423. The minimum absolute atomic E-state index is 0.322. The number of carbonyl (C=O) groups is 2. The molecule has 0 spiro atoms. The summed E-state index contributed by atoms with van der Waals surface area (Å²) in [5.74, 6) is -0.373. The van der Waals surface area contributed by atoms with Crippen molar-refractivity contribution in [2.24, 2.45) is 5.92 Å². The molecule has 0 aliphatic carbocycles. The van der Waals surface area contributed by atoms with Gasteiger partial charge in [-0.2, -0.15) is 0 Å². The van der Waals surface area contributed by atoms with Crippen LogP contribution in [0.25, 0.3) is 0 Å². The summed E-state index contributed by atoms with van der Waals surface area (Å²) in [4.78, 5) is 25.7. The fourth-order valence-electron chi connectivity index (χ4n) is 4.49. The SMILES string of the molecule is CCCCCCCCCCOC(=O)c1ccc(CC(C)C)cc1C(=O)OCCCCCCCCCC. The molecule has 1 rings (SSSR count). The summed E-state index contributed by atoms with van der Waals surface area (Å²) >= 11 is 0. The zero-order valence-corrected chi connectivity index (χ0v) is 23.9. The maximum Gasteiger partial charge on any atom is 0.339 e. The summed E-state index contributed by atoms with van der Waals surface area (Å²) in [7, 11) is 0. The van der Waals surface area contributed by atoms with Gasteiger partial charge in [0, 0.05) is 0 Å². The molecule has 0 atom stereocenters. The van der Waals surface area contributed by atoms with Crippen LogP contribution in [0.15, 0.2) is 18.2 Å². The Labute approximate surface area is 221 Å². The van der Waals surface area contributed by atoms with Crippen LogP contribution < -0.4 is 0 Å². The number of esters is 2. The van der Waals surface area contributed by atoms with Gasteiger partial charge in [-0.15, -0.1) is 0 Å². The van der Waals surface area contributed by atoms with Crippen LogP contribution >= 0.6 is 0 Å². The number of carbonyl (C=O) groups excluding carboxylic acids is 2. The normalized spacial score (nSPS) is 11.1. The maximum absolute atomic E-state index is 12.9. The average molecular weight is 503 g/mol. The molecule has 0 saturated heterocycles. The Morgan fingerprint density at radius 1 is 0.611 bits per heavy atom. The summed E-state index contributed by atoms with van der Waals surface area (Å²) in [5, 5.41) is 0. The van der Waals surface area contributed by atoms with Crippen LogP contribution in [-0.2, 0) is 15.9 Å². The van der Waals surface area contributed by atoms with Crippen molar-refractivity contribution in [3.63, 3.8) is 0 Å². The summed E-state index contributed by atoms with van der Waals surface area (Å²) in [6, 6.07) is 5.49. The molecule has 4 heteroatoms. The molecular weight excluding hydrogens is 448 g/mol. The second-order valence-corrected chi connectivity index (χ2v) is 10.7. The van der Waals surface area contributed by atoms with Gasteiger partial charge in [-0.1, -0.05) is 124 Å². The molecule has 4 nitrogen and oxygen atoms in total. The average Bonchev–Trinajstić information content (AvgIpc) is 2.86. The van der Waals surface area contributed by atoms with E-state index in [1.807, 2.05) is 12.1 Å². The topological polar surface area (TPSA) is 52.6 Å². The molecule has 0 aliphatic rings. The van der Waals surface area contributed by atoms with Gasteiger partial charge < -0.3 is 9.47 Å². The van der Waals surface area contributed by atoms with Gasteiger partial charge in [-0.05, 0) is 42.9 Å². The smallest absolute Gasteiger partial charge is 0.339 e. The molecule has 0 fully saturated rings. The fourth-order valence-corrected chi connectivity index (χ4v) is 4.49. The first-order chi connectivity index (χ1) is 17.5. The highest BCUT2D eigenvalue weighted by Crippen LogP contribution is 2.19. The van der Waals surface area contributed by atoms with Crippen LogP contribution in [0.5, 0.6) is 0 Å². The van der Waals surface area contributed by atoms with Crippen LogP contribution in [0.4, 0.5) is 0 Å². The summed E-state index contributed by atoms with van der Waals surface area (Å²) in [5.41, 5.74) is 1.71. The second-order valence-electron chi connectivity index (χ2n) is 10.7. The van der Waals surface area contributed by atoms with E-state index < -0.39 is 11.9 Å². The molecule has 36 heavy (non-hydrogen) atoms. The quantitative estimate of drug-likeness (QED) is 0.117. The van der Waals surface area contributed by atoms with Crippen molar-refractivity contribution in [3.05, 3.63) is 34.9 Å². The van der Waals surface area contributed by atoms with Gasteiger partial charge in [0.2, 0.25) is 0 Å². The van der Waals surface area contributed by atoms with E-state index in [1.54, 1.807) is 6.07 Å². The van der Waals surface area contributed by atoms with Crippen LogP contribution in [0.3, 0.4) is 0 Å². The molecule has 0 N–H and O–H groups in total. The lowest BCUT2D eigenvalue weighted by atomic mass is 9.98. The molecule has 1 aromatic rings. The highest BCUT2D eigenvalue weighted by molar-refractivity contribution is 6.03. The molecule has 1 aromatic carbocycles. The lowest BCUT2D eigenvalue weighted by Gasteiger charge is -2.13. The second kappa shape index (κ2) is 21.3. The van der Waals surface area contributed by atoms with Gasteiger partial charge in [0.1, 0.15) is 0 Å². The van der Waals surface area contributed by atoms with Gasteiger partial charge >= 0.3 is 11.9 Å². The minimum Gasteiger partial charge on any atom is -0.462 e. The Morgan fingerprint density at radius 3 is 1.47 bits per heavy atom. The standard InChI is InChI=1S/C32H54O4/c1-5-7-9-11-13-15-17-19-23-35-31(33)29-22-21-28(25-27(3)4)26-30(29)32(34)36-24-20-18-16-14-12-10-8-6-2/h21-22,26-27H,5-20,23-25H2,1-4H3. The lowest BCUT2D eigenvalue weighted by molar-refractivity contribution is 0.0450. The van der Waals surface area contributed by atoms with Gasteiger partial charge in [0.15, 0.2) is 0 Å². The molecule has 0 saturated carbocycles. The number of benzene rings is 1. The number of unbranched alkanes of at least 4 members (excludes halogenated alkanes) is 14. The Hall–Kier alpha value is -1.84. The first-order valence-electron chi connectivity index (χ1n) is 15.0. The fraction of sp³-hybridized carbons (Fsp3) is 0.750. The molecule has 206 valence electrons. The van der Waals surface area contributed by atoms with Crippen LogP contribution in [-0.4, -0.2) is 25.2 Å². The maximum atomic E-state index is 12.9. The Balaban J connectivity index is 2.51. The highest BCUT2D eigenvalue weighted by Gasteiger charge is 2.20. The highest BCUT2D eigenvalue weighted by atomic mass is 16.5. The largest absolute Gasteiger partial charge is 0.462 e. The van der Waals surface area contributed by atoms with E-state index in [9.17, 15) is 9.59 Å². The van der Waals surface area contributed by atoms with Crippen molar-refractivity contribution in [2.75, 3.05) is 13.2 Å². The van der Waals surface area contributed by atoms with Crippen molar-refractivity contribution >= 4 is 11.9 Å². The summed E-state index contributed by atoms with van der Waals surface area (Å²) in [6.07, 6.45) is 20.0. The van der Waals surface area contributed by atoms with E-state index in [-0.39, 0.29) is 0 Å². The predicted molar refractivity (Wildman–Crippen MR) is 151 cm³/mol. The zero-order chi connectivity index (χ0) is 26.4. The van der Waals surface area contributed by atoms with Crippen LogP contribution in [0.2, 0.25) is 0 Å². The number of ether oxygens (including phenoxy) is 2. The lowest BCUT2D eigenvalue weighted by Crippen LogP contribution is -2.16. The molecule has 0 aromatic heterocycles. The van der Waals surface area contributed by atoms with E-state index in [1.165, 1.54) is 77.0 Å². The van der Waals surface area contributed by atoms with Gasteiger partial charge in [0.25, 0.3) is 0 Å². The first kappa shape index (κ1) is 32.2. The molecule has 0 aliphatic heterocycles. The third kappa shape index (κ3) is 15.3. The van der Waals surface area contributed by atoms with Gasteiger partial charge in [-0.25, -0.2) is 9.59 Å². The Kier molecular flexibility index (Phi) is 19.0. The molecular formula is C32H54O4. The monoisotopic (exact) mass is 502 g/mol. The van der Waals surface area contributed by atoms with Gasteiger partial charge in [0.05, 0.1) is 24.3 Å². The van der Waals surface area contributed by atoms with E-state index in [4.69, 9.17) is 9.47 Å². The molecule has 0 amide bonds. The molecule has 0 heterocycles. The van der Waals surface area contributed by atoms with E-state index in [0.717, 1.165) is 37.7 Å². The van der Waals surface area contributed by atoms with Crippen molar-refractivity contribution in [2.45, 2.75) is 137 Å². The Bertz CT molecular complexity index is 710. The first-order valence-corrected chi connectivity index (χ1v) is 15.0. The third-order valence-electron chi connectivity index (χ3n) is 6.63. The van der Waals surface area contributed by atoms with E-state index in [2.05, 4.69) is 27.7 Å². The number of hydrogen-bond donors (Lipinski definition) is 0.